The predicted octanol–water partition coefficient (Wildman–Crippen LogP) is 3.29. The molecule has 0 radical (unpaired) electrons. The monoisotopic (exact) mass is 358 g/mol. The van der Waals surface area contributed by atoms with Crippen LogP contribution >= 0.6 is 34.4 Å². The number of thioether (sulfide) groups is 1. The Bertz CT molecular complexity index is 629. The molecule has 0 saturated heterocycles. The predicted molar refractivity (Wildman–Crippen MR) is 88.8 cm³/mol. The standard InChI is InChI=1S/C12H14N4O3S3/c1-3-7(9(17)19-2)21-12-16-15-11(22-12)14-10(18)13-8-5-4-6-20-8/h4-7H,3H2,1-2H3,(H2,13,14,15,18)/t7-/m1/s1. The van der Waals surface area contributed by atoms with Crippen molar-refractivity contribution >= 4 is 56.6 Å². The van der Waals surface area contributed by atoms with Crippen LogP contribution in [-0.2, 0) is 9.53 Å². The van der Waals surface area contributed by atoms with Crippen LogP contribution in [0.1, 0.15) is 13.3 Å². The quantitative estimate of drug-likeness (QED) is 0.467. The molecule has 1 atom stereocenters. The van der Waals surface area contributed by atoms with E-state index in [4.69, 9.17) is 4.74 Å². The van der Waals surface area contributed by atoms with Crippen molar-refractivity contribution in [1.82, 2.24) is 10.2 Å². The zero-order valence-electron chi connectivity index (χ0n) is 11.9. The van der Waals surface area contributed by atoms with Crippen molar-refractivity contribution in [2.45, 2.75) is 22.9 Å². The molecule has 2 aromatic heterocycles. The average molecular weight is 358 g/mol. The van der Waals surface area contributed by atoms with Gasteiger partial charge in [-0.15, -0.1) is 21.5 Å². The first kappa shape index (κ1) is 16.7. The van der Waals surface area contributed by atoms with Crippen LogP contribution in [0.25, 0.3) is 0 Å². The number of rotatable bonds is 6. The number of thiophene rings is 1. The lowest BCUT2D eigenvalue weighted by molar-refractivity contribution is -0.140. The van der Waals surface area contributed by atoms with Gasteiger partial charge in [0.25, 0.3) is 0 Å². The maximum atomic E-state index is 11.8. The van der Waals surface area contributed by atoms with Crippen LogP contribution in [0, 0.1) is 0 Å². The first-order valence-electron chi connectivity index (χ1n) is 6.32. The van der Waals surface area contributed by atoms with Crippen molar-refractivity contribution in [2.24, 2.45) is 0 Å². The van der Waals surface area contributed by atoms with E-state index < -0.39 is 0 Å². The molecule has 0 aliphatic heterocycles. The zero-order chi connectivity index (χ0) is 15.9. The first-order valence-corrected chi connectivity index (χ1v) is 8.89. The van der Waals surface area contributed by atoms with Crippen LogP contribution in [0.5, 0.6) is 0 Å². The Morgan fingerprint density at radius 1 is 1.41 bits per heavy atom. The molecule has 22 heavy (non-hydrogen) atoms. The molecule has 0 saturated carbocycles. The highest BCUT2D eigenvalue weighted by Gasteiger charge is 2.21. The van der Waals surface area contributed by atoms with E-state index >= 15 is 0 Å². The van der Waals surface area contributed by atoms with Crippen molar-refractivity contribution < 1.29 is 14.3 Å². The van der Waals surface area contributed by atoms with Crippen LogP contribution in [-0.4, -0.2) is 34.6 Å². The van der Waals surface area contributed by atoms with Crippen molar-refractivity contribution in [1.29, 1.82) is 0 Å². The van der Waals surface area contributed by atoms with E-state index in [1.807, 2.05) is 18.4 Å². The summed E-state index contributed by atoms with van der Waals surface area (Å²) in [5.74, 6) is -0.298. The Labute approximate surface area is 139 Å². The Kier molecular flexibility index (Phi) is 6.16. The highest BCUT2D eigenvalue weighted by molar-refractivity contribution is 8.02. The van der Waals surface area contributed by atoms with Gasteiger partial charge in [0.1, 0.15) is 5.25 Å². The number of carbonyl (C=O) groups excluding carboxylic acids is 2. The molecule has 0 spiro atoms. The molecular weight excluding hydrogens is 344 g/mol. The molecule has 2 aromatic rings. The SMILES string of the molecule is CC[C@@H](Sc1nnc(NC(=O)Nc2cccs2)s1)C(=O)OC. The summed E-state index contributed by atoms with van der Waals surface area (Å²) in [6.45, 7) is 1.89. The minimum atomic E-state index is -0.379. The van der Waals surface area contributed by atoms with Gasteiger partial charge in [-0.2, -0.15) is 0 Å². The van der Waals surface area contributed by atoms with Gasteiger partial charge in [0, 0.05) is 0 Å². The average Bonchev–Trinajstić information content (AvgIpc) is 3.16. The summed E-state index contributed by atoms with van der Waals surface area (Å²) >= 11 is 3.91. The van der Waals surface area contributed by atoms with Gasteiger partial charge < -0.3 is 4.74 Å². The number of hydrogen-bond donors (Lipinski definition) is 2. The van der Waals surface area contributed by atoms with E-state index in [0.717, 1.165) is 5.00 Å². The summed E-state index contributed by atoms with van der Waals surface area (Å²) in [5, 5.41) is 15.8. The summed E-state index contributed by atoms with van der Waals surface area (Å²) in [5.41, 5.74) is 0. The van der Waals surface area contributed by atoms with E-state index in [9.17, 15) is 9.59 Å². The number of urea groups is 1. The van der Waals surface area contributed by atoms with Crippen LogP contribution in [0.2, 0.25) is 0 Å². The van der Waals surface area contributed by atoms with E-state index in [1.165, 1.54) is 41.5 Å². The van der Waals surface area contributed by atoms with Gasteiger partial charge in [0.15, 0.2) is 4.34 Å². The molecular formula is C12H14N4O3S3. The van der Waals surface area contributed by atoms with Gasteiger partial charge in [0.2, 0.25) is 5.13 Å². The number of methoxy groups -OCH3 is 1. The number of esters is 1. The number of anilines is 2. The van der Waals surface area contributed by atoms with Crippen LogP contribution in [0.3, 0.4) is 0 Å². The molecule has 0 aromatic carbocycles. The summed E-state index contributed by atoms with van der Waals surface area (Å²) in [6.07, 6.45) is 0.624. The van der Waals surface area contributed by atoms with E-state index in [0.29, 0.717) is 15.9 Å². The van der Waals surface area contributed by atoms with Crippen molar-refractivity contribution in [2.75, 3.05) is 17.7 Å². The Morgan fingerprint density at radius 3 is 2.86 bits per heavy atom. The van der Waals surface area contributed by atoms with Gasteiger partial charge >= 0.3 is 12.0 Å². The second-order valence-corrected chi connectivity index (χ2v) is 7.34. The molecule has 10 heteroatoms. The summed E-state index contributed by atoms with van der Waals surface area (Å²) in [4.78, 5) is 23.3. The summed E-state index contributed by atoms with van der Waals surface area (Å²) in [7, 11) is 1.35. The number of nitrogens with one attached hydrogen (secondary N) is 2. The van der Waals surface area contributed by atoms with Crippen LogP contribution in [0.4, 0.5) is 14.9 Å². The lowest BCUT2D eigenvalue weighted by Gasteiger charge is -2.08. The Balaban J connectivity index is 1.90. The van der Waals surface area contributed by atoms with Crippen molar-refractivity contribution in [3.63, 3.8) is 0 Å². The zero-order valence-corrected chi connectivity index (χ0v) is 14.3. The van der Waals surface area contributed by atoms with Crippen LogP contribution < -0.4 is 10.6 Å². The third-order valence-electron chi connectivity index (χ3n) is 2.46. The second kappa shape index (κ2) is 8.11. The molecule has 0 unspecified atom stereocenters. The van der Waals surface area contributed by atoms with Gasteiger partial charge in [-0.3, -0.25) is 15.4 Å². The molecule has 2 amide bonds. The molecule has 0 aliphatic carbocycles. The fourth-order valence-corrected chi connectivity index (χ4v) is 4.00. The Morgan fingerprint density at radius 2 is 2.23 bits per heavy atom. The van der Waals surface area contributed by atoms with E-state index in [1.54, 1.807) is 6.07 Å². The summed E-state index contributed by atoms with van der Waals surface area (Å²) in [6, 6.07) is 3.26. The fraction of sp³-hybridized carbons (Fsp3) is 0.333. The van der Waals surface area contributed by atoms with Gasteiger partial charge in [-0.25, -0.2) is 4.79 Å². The topological polar surface area (TPSA) is 93.2 Å². The third kappa shape index (κ3) is 4.68. The first-order chi connectivity index (χ1) is 10.6. The molecule has 118 valence electrons. The van der Waals surface area contributed by atoms with Gasteiger partial charge in [0.05, 0.1) is 12.1 Å². The van der Waals surface area contributed by atoms with Crippen molar-refractivity contribution in [3.05, 3.63) is 17.5 Å². The number of amides is 2. The number of ether oxygens (including phenoxy) is 1. The molecule has 7 nitrogen and oxygen atoms in total. The molecule has 2 N–H and O–H groups in total. The molecule has 0 bridgehead atoms. The number of carbonyl (C=O) groups is 2. The van der Waals surface area contributed by atoms with E-state index in [-0.39, 0.29) is 17.3 Å². The normalized spacial score (nSPS) is 11.7. The largest absolute Gasteiger partial charge is 0.468 e. The molecule has 0 aliphatic rings. The minimum Gasteiger partial charge on any atom is -0.468 e. The van der Waals surface area contributed by atoms with E-state index in [2.05, 4.69) is 20.8 Å². The molecule has 0 fully saturated rings. The maximum Gasteiger partial charge on any atom is 0.326 e. The lowest BCUT2D eigenvalue weighted by atomic mass is 10.3. The lowest BCUT2D eigenvalue weighted by Crippen LogP contribution is -2.18. The summed E-state index contributed by atoms with van der Waals surface area (Å²) < 4.78 is 5.32. The number of aromatic nitrogens is 2. The molecule has 2 heterocycles. The number of hydrogen-bond acceptors (Lipinski definition) is 8. The highest BCUT2D eigenvalue weighted by Crippen LogP contribution is 2.31. The number of nitrogens with zero attached hydrogens (tertiary/aromatic N) is 2. The smallest absolute Gasteiger partial charge is 0.326 e. The van der Waals surface area contributed by atoms with Gasteiger partial charge in [-0.1, -0.05) is 30.0 Å². The maximum absolute atomic E-state index is 11.8. The van der Waals surface area contributed by atoms with Crippen molar-refractivity contribution in [3.8, 4) is 0 Å². The minimum absolute atomic E-state index is 0.298. The third-order valence-corrected chi connectivity index (χ3v) is 5.51. The molecule has 2 rings (SSSR count). The second-order valence-electron chi connectivity index (χ2n) is 3.97. The highest BCUT2D eigenvalue weighted by atomic mass is 32.2. The van der Waals surface area contributed by atoms with Gasteiger partial charge in [-0.05, 0) is 23.9 Å². The fourth-order valence-electron chi connectivity index (χ4n) is 1.45. The van der Waals surface area contributed by atoms with Crippen LogP contribution in [0.15, 0.2) is 21.9 Å². The Hall–Kier alpha value is -1.65.